The number of benzene rings is 1. The Kier molecular flexibility index (Phi) is 4.27. The van der Waals surface area contributed by atoms with E-state index < -0.39 is 5.92 Å². The van der Waals surface area contributed by atoms with E-state index in [4.69, 9.17) is 9.47 Å². The molecule has 114 valence electrons. The third-order valence-electron chi connectivity index (χ3n) is 4.62. The zero-order valence-corrected chi connectivity index (χ0v) is 12.3. The maximum absolute atomic E-state index is 12.3. The highest BCUT2D eigenvalue weighted by atomic mass is 16.6. The Labute approximate surface area is 125 Å². The molecule has 3 rings (SSSR count). The van der Waals surface area contributed by atoms with Crippen molar-refractivity contribution in [1.82, 2.24) is 0 Å². The van der Waals surface area contributed by atoms with E-state index >= 15 is 0 Å². The molecule has 2 fully saturated rings. The van der Waals surface area contributed by atoms with E-state index in [1.54, 1.807) is 0 Å². The number of aliphatic hydroxyl groups is 1. The molecule has 0 bridgehead atoms. The quantitative estimate of drug-likeness (QED) is 0.667. The molecular formula is C17H22O4. The van der Waals surface area contributed by atoms with E-state index in [1.807, 2.05) is 30.3 Å². The number of esters is 1. The predicted molar refractivity (Wildman–Crippen MR) is 77.8 cm³/mol. The zero-order chi connectivity index (χ0) is 14.8. The number of carbonyl (C=O) groups is 1. The third-order valence-corrected chi connectivity index (χ3v) is 4.62. The molecule has 0 aromatic heterocycles. The molecule has 5 atom stereocenters. The minimum absolute atomic E-state index is 0.0797. The first-order chi connectivity index (χ1) is 10.2. The molecule has 2 aliphatic rings. The Morgan fingerprint density at radius 1 is 1.38 bits per heavy atom. The fraction of sp³-hybridized carbons (Fsp3) is 0.588. The van der Waals surface area contributed by atoms with Crippen molar-refractivity contribution in [3.8, 4) is 0 Å². The molecule has 1 aromatic carbocycles. The Morgan fingerprint density at radius 2 is 2.14 bits per heavy atom. The number of carbonyl (C=O) groups excluding carboxylic acids is 1. The van der Waals surface area contributed by atoms with Crippen molar-refractivity contribution in [3.63, 3.8) is 0 Å². The smallest absolute Gasteiger partial charge is 0.316 e. The molecule has 1 saturated heterocycles. The molecule has 4 heteroatoms. The minimum atomic E-state index is -0.593. The largest absolute Gasteiger partial charge is 0.462 e. The van der Waals surface area contributed by atoms with Crippen LogP contribution in [-0.2, 0) is 14.3 Å². The second-order valence-electron chi connectivity index (χ2n) is 5.98. The average molecular weight is 290 g/mol. The van der Waals surface area contributed by atoms with Crippen LogP contribution >= 0.6 is 0 Å². The highest BCUT2D eigenvalue weighted by Gasteiger charge is 2.50. The molecule has 21 heavy (non-hydrogen) atoms. The summed E-state index contributed by atoms with van der Waals surface area (Å²) in [5.74, 6) is -0.433. The van der Waals surface area contributed by atoms with E-state index in [0.29, 0.717) is 12.0 Å². The van der Waals surface area contributed by atoms with Crippen LogP contribution in [0.25, 0.3) is 0 Å². The molecule has 1 N–H and O–H groups in total. The van der Waals surface area contributed by atoms with Gasteiger partial charge in [-0.05, 0) is 17.9 Å². The molecule has 0 radical (unpaired) electrons. The van der Waals surface area contributed by atoms with E-state index in [2.05, 4.69) is 6.92 Å². The summed E-state index contributed by atoms with van der Waals surface area (Å²) in [6.07, 6.45) is 3.29. The van der Waals surface area contributed by atoms with Gasteiger partial charge < -0.3 is 14.6 Å². The SMILES string of the molecule is CC[C@H]1C[C@@H](OC(=O)C(CO)c2ccccc2)CC2OC21. The van der Waals surface area contributed by atoms with Crippen LogP contribution < -0.4 is 0 Å². The first kappa shape index (κ1) is 14.5. The van der Waals surface area contributed by atoms with Gasteiger partial charge in [0, 0.05) is 6.42 Å². The lowest BCUT2D eigenvalue weighted by Gasteiger charge is -2.26. The highest BCUT2D eigenvalue weighted by Crippen LogP contribution is 2.43. The van der Waals surface area contributed by atoms with Gasteiger partial charge in [-0.25, -0.2) is 0 Å². The summed E-state index contributed by atoms with van der Waals surface area (Å²) in [6.45, 7) is 1.92. The number of hydrogen-bond donors (Lipinski definition) is 1. The van der Waals surface area contributed by atoms with Gasteiger partial charge in [-0.1, -0.05) is 43.7 Å². The van der Waals surface area contributed by atoms with Crippen LogP contribution in [-0.4, -0.2) is 36.0 Å². The Hall–Kier alpha value is -1.39. The normalized spacial score (nSPS) is 32.1. The third kappa shape index (κ3) is 3.11. The first-order valence-electron chi connectivity index (χ1n) is 7.74. The van der Waals surface area contributed by atoms with Gasteiger partial charge in [0.1, 0.15) is 12.0 Å². The lowest BCUT2D eigenvalue weighted by molar-refractivity contribution is -0.153. The minimum Gasteiger partial charge on any atom is -0.462 e. The highest BCUT2D eigenvalue weighted by molar-refractivity contribution is 5.78. The van der Waals surface area contributed by atoms with E-state index in [1.165, 1.54) is 0 Å². The summed E-state index contributed by atoms with van der Waals surface area (Å²) in [5.41, 5.74) is 0.799. The predicted octanol–water partition coefficient (Wildman–Crippen LogP) is 2.26. The lowest BCUT2D eigenvalue weighted by Crippen LogP contribution is -2.32. The number of fused-ring (bicyclic) bond motifs is 1. The molecule has 3 unspecified atom stereocenters. The van der Waals surface area contributed by atoms with Crippen LogP contribution in [0.3, 0.4) is 0 Å². The number of hydrogen-bond acceptors (Lipinski definition) is 4. The summed E-state index contributed by atoms with van der Waals surface area (Å²) in [7, 11) is 0. The topological polar surface area (TPSA) is 59.1 Å². The van der Waals surface area contributed by atoms with Gasteiger partial charge in [0.2, 0.25) is 0 Å². The molecule has 0 spiro atoms. The molecule has 1 aliphatic carbocycles. The van der Waals surface area contributed by atoms with E-state index in [9.17, 15) is 9.90 Å². The van der Waals surface area contributed by atoms with E-state index in [0.717, 1.165) is 24.8 Å². The van der Waals surface area contributed by atoms with Crippen molar-refractivity contribution in [2.24, 2.45) is 5.92 Å². The summed E-state index contributed by atoms with van der Waals surface area (Å²) < 4.78 is 11.3. The van der Waals surface area contributed by atoms with Crippen LogP contribution in [0.15, 0.2) is 30.3 Å². The van der Waals surface area contributed by atoms with Crippen molar-refractivity contribution in [2.45, 2.75) is 50.4 Å². The van der Waals surface area contributed by atoms with Crippen molar-refractivity contribution in [1.29, 1.82) is 0 Å². The van der Waals surface area contributed by atoms with Gasteiger partial charge >= 0.3 is 5.97 Å². The van der Waals surface area contributed by atoms with Gasteiger partial charge in [-0.2, -0.15) is 0 Å². The Balaban J connectivity index is 1.62. The first-order valence-corrected chi connectivity index (χ1v) is 7.74. The average Bonchev–Trinajstić information content (AvgIpc) is 3.27. The second kappa shape index (κ2) is 6.16. The fourth-order valence-corrected chi connectivity index (χ4v) is 3.33. The second-order valence-corrected chi connectivity index (χ2v) is 5.98. The monoisotopic (exact) mass is 290 g/mol. The summed E-state index contributed by atoms with van der Waals surface area (Å²) in [6, 6.07) is 9.31. The van der Waals surface area contributed by atoms with Gasteiger partial charge in [0.25, 0.3) is 0 Å². The van der Waals surface area contributed by atoms with E-state index in [-0.39, 0.29) is 24.8 Å². The Morgan fingerprint density at radius 3 is 2.81 bits per heavy atom. The maximum atomic E-state index is 12.3. The van der Waals surface area contributed by atoms with Crippen LogP contribution in [0.4, 0.5) is 0 Å². The van der Waals surface area contributed by atoms with Gasteiger partial charge in [-0.3, -0.25) is 4.79 Å². The fourth-order valence-electron chi connectivity index (χ4n) is 3.33. The van der Waals surface area contributed by atoms with Crippen molar-refractivity contribution in [2.75, 3.05) is 6.61 Å². The molecule has 4 nitrogen and oxygen atoms in total. The number of epoxide rings is 1. The molecule has 1 saturated carbocycles. The lowest BCUT2D eigenvalue weighted by atomic mass is 9.85. The van der Waals surface area contributed by atoms with Gasteiger partial charge in [-0.15, -0.1) is 0 Å². The molecule has 0 amide bonds. The van der Waals surface area contributed by atoms with Gasteiger partial charge in [0.15, 0.2) is 0 Å². The van der Waals surface area contributed by atoms with Crippen LogP contribution in [0.2, 0.25) is 0 Å². The molecule has 1 aliphatic heterocycles. The summed E-state index contributed by atoms with van der Waals surface area (Å²) in [4.78, 5) is 12.3. The van der Waals surface area contributed by atoms with Crippen molar-refractivity contribution >= 4 is 5.97 Å². The Bertz CT molecular complexity index is 487. The maximum Gasteiger partial charge on any atom is 0.316 e. The molecular weight excluding hydrogens is 268 g/mol. The van der Waals surface area contributed by atoms with Crippen molar-refractivity contribution in [3.05, 3.63) is 35.9 Å². The molecule has 1 heterocycles. The zero-order valence-electron chi connectivity index (χ0n) is 12.3. The van der Waals surface area contributed by atoms with Crippen LogP contribution in [0.1, 0.15) is 37.7 Å². The summed E-state index contributed by atoms with van der Waals surface area (Å²) in [5, 5.41) is 9.51. The van der Waals surface area contributed by atoms with Crippen LogP contribution in [0, 0.1) is 5.92 Å². The number of rotatable bonds is 5. The summed E-state index contributed by atoms with van der Waals surface area (Å²) >= 11 is 0. The number of ether oxygens (including phenoxy) is 2. The molecule has 1 aromatic rings. The van der Waals surface area contributed by atoms with Gasteiger partial charge in [0.05, 0.1) is 18.8 Å². The van der Waals surface area contributed by atoms with Crippen LogP contribution in [0.5, 0.6) is 0 Å². The van der Waals surface area contributed by atoms with Crippen molar-refractivity contribution < 1.29 is 19.4 Å². The number of aliphatic hydroxyl groups excluding tert-OH is 1. The standard InChI is InChI=1S/C17H22O4/c1-2-11-8-13(9-15-16(11)21-15)20-17(19)14(10-18)12-6-4-3-5-7-12/h3-7,11,13-16,18H,2,8-10H2,1H3/t11-,13+,14?,15?,16?/m0/s1.